The van der Waals surface area contributed by atoms with E-state index in [2.05, 4.69) is 37.1 Å². The number of imidazole rings is 1. The van der Waals surface area contributed by atoms with Crippen molar-refractivity contribution < 1.29 is 9.32 Å². The monoisotopic (exact) mass is 393 g/mol. The highest BCUT2D eigenvalue weighted by atomic mass is 16.5. The first-order chi connectivity index (χ1) is 14.1. The van der Waals surface area contributed by atoms with Crippen LogP contribution in [0.1, 0.15) is 50.0 Å². The van der Waals surface area contributed by atoms with Crippen LogP contribution in [0.5, 0.6) is 0 Å². The molecule has 4 rings (SSSR count). The largest absolute Gasteiger partial charge is 0.356 e. The summed E-state index contributed by atoms with van der Waals surface area (Å²) < 4.78 is 7.48. The fourth-order valence-electron chi connectivity index (χ4n) is 3.70. The number of nitrogens with zero attached hydrogens (tertiary/aromatic N) is 4. The number of rotatable bonds is 7. The molecule has 2 aromatic heterocycles. The maximum Gasteiger partial charge on any atom is 0.226 e. The van der Waals surface area contributed by atoms with Gasteiger partial charge in [0.15, 0.2) is 5.82 Å². The molecule has 0 saturated heterocycles. The second-order valence-electron chi connectivity index (χ2n) is 7.88. The molecule has 3 heterocycles. The zero-order valence-corrected chi connectivity index (χ0v) is 17.0. The predicted molar refractivity (Wildman–Crippen MR) is 109 cm³/mol. The van der Waals surface area contributed by atoms with E-state index in [-0.39, 0.29) is 17.7 Å². The maximum atomic E-state index is 12.6. The zero-order valence-electron chi connectivity index (χ0n) is 17.0. The highest BCUT2D eigenvalue weighted by Crippen LogP contribution is 2.27. The van der Waals surface area contributed by atoms with E-state index in [1.165, 1.54) is 0 Å². The van der Waals surface area contributed by atoms with Gasteiger partial charge in [-0.1, -0.05) is 49.3 Å². The third kappa shape index (κ3) is 4.39. The van der Waals surface area contributed by atoms with Crippen molar-refractivity contribution in [2.45, 2.75) is 52.0 Å². The number of amides is 1. The Kier molecular flexibility index (Phi) is 5.74. The lowest BCUT2D eigenvalue weighted by molar-refractivity contribution is -0.125. The van der Waals surface area contributed by atoms with E-state index >= 15 is 0 Å². The third-order valence-electron chi connectivity index (χ3n) is 5.36. The van der Waals surface area contributed by atoms with Crippen LogP contribution in [0.3, 0.4) is 0 Å². The van der Waals surface area contributed by atoms with Gasteiger partial charge in [0, 0.05) is 55.2 Å². The molecule has 1 atom stereocenters. The lowest BCUT2D eigenvalue weighted by Gasteiger charge is -2.24. The average Bonchev–Trinajstić information content (AvgIpc) is 3.38. The van der Waals surface area contributed by atoms with Crippen LogP contribution in [0.4, 0.5) is 0 Å². The van der Waals surface area contributed by atoms with Gasteiger partial charge >= 0.3 is 0 Å². The minimum Gasteiger partial charge on any atom is -0.356 e. The topological polar surface area (TPSA) is 85.8 Å². The summed E-state index contributed by atoms with van der Waals surface area (Å²) in [6.45, 7) is 5.50. The smallest absolute Gasteiger partial charge is 0.226 e. The van der Waals surface area contributed by atoms with Crippen LogP contribution in [-0.2, 0) is 24.2 Å². The lowest BCUT2D eigenvalue weighted by atomic mass is 9.95. The number of carbonyl (C=O) groups excluding carboxylic acids is 1. The summed E-state index contributed by atoms with van der Waals surface area (Å²) >= 11 is 0. The minimum absolute atomic E-state index is 0.00114. The average molecular weight is 393 g/mol. The van der Waals surface area contributed by atoms with Gasteiger partial charge in [-0.2, -0.15) is 4.98 Å². The maximum absolute atomic E-state index is 12.6. The molecule has 1 aliphatic rings. The summed E-state index contributed by atoms with van der Waals surface area (Å²) in [5, 5.41) is 7.03. The van der Waals surface area contributed by atoms with Crippen molar-refractivity contribution in [3.05, 3.63) is 53.9 Å². The van der Waals surface area contributed by atoms with Gasteiger partial charge in [-0.3, -0.25) is 4.79 Å². The Bertz CT molecular complexity index is 961. The first-order valence-corrected chi connectivity index (χ1v) is 10.3. The number of benzene rings is 1. The summed E-state index contributed by atoms with van der Waals surface area (Å²) in [6, 6.07) is 10.2. The van der Waals surface area contributed by atoms with E-state index in [4.69, 9.17) is 4.52 Å². The highest BCUT2D eigenvalue weighted by Gasteiger charge is 2.26. The Morgan fingerprint density at radius 2 is 2.14 bits per heavy atom. The Morgan fingerprint density at radius 1 is 1.31 bits per heavy atom. The molecule has 1 aromatic carbocycles. The molecule has 7 nitrogen and oxygen atoms in total. The van der Waals surface area contributed by atoms with E-state index in [9.17, 15) is 4.79 Å². The van der Waals surface area contributed by atoms with Gasteiger partial charge in [0.1, 0.15) is 5.82 Å². The molecule has 1 N–H and O–H groups in total. The van der Waals surface area contributed by atoms with E-state index < -0.39 is 0 Å². The Labute approximate surface area is 170 Å². The summed E-state index contributed by atoms with van der Waals surface area (Å²) in [7, 11) is 0. The third-order valence-corrected chi connectivity index (χ3v) is 5.36. The summed E-state index contributed by atoms with van der Waals surface area (Å²) in [5.41, 5.74) is 2.24. The van der Waals surface area contributed by atoms with E-state index in [0.717, 1.165) is 48.7 Å². The molecular weight excluding hydrogens is 366 g/mol. The van der Waals surface area contributed by atoms with Gasteiger partial charge in [-0.05, 0) is 12.8 Å². The predicted octanol–water partition coefficient (Wildman–Crippen LogP) is 3.37. The van der Waals surface area contributed by atoms with E-state index in [0.29, 0.717) is 18.9 Å². The normalized spacial score (nSPS) is 16.0. The quantitative estimate of drug-likeness (QED) is 0.622. The van der Waals surface area contributed by atoms with Crippen molar-refractivity contribution in [2.24, 2.45) is 5.92 Å². The van der Waals surface area contributed by atoms with Crippen molar-refractivity contribution in [1.82, 2.24) is 25.0 Å². The molecule has 3 aromatic rings. The fourth-order valence-corrected chi connectivity index (χ4v) is 3.70. The van der Waals surface area contributed by atoms with Crippen LogP contribution >= 0.6 is 0 Å². The number of fused-ring (bicyclic) bond motifs is 1. The van der Waals surface area contributed by atoms with Gasteiger partial charge in [0.2, 0.25) is 11.8 Å². The Hall–Kier alpha value is -2.96. The van der Waals surface area contributed by atoms with Crippen molar-refractivity contribution in [1.29, 1.82) is 0 Å². The molecule has 0 unspecified atom stereocenters. The molecule has 7 heteroatoms. The van der Waals surface area contributed by atoms with Gasteiger partial charge in [-0.15, -0.1) is 0 Å². The molecule has 29 heavy (non-hydrogen) atoms. The van der Waals surface area contributed by atoms with Crippen molar-refractivity contribution in [3.63, 3.8) is 0 Å². The molecule has 1 amide bonds. The molecule has 0 aliphatic carbocycles. The van der Waals surface area contributed by atoms with Crippen LogP contribution in [0.25, 0.3) is 11.4 Å². The molecule has 152 valence electrons. The van der Waals surface area contributed by atoms with Crippen LogP contribution in [0.2, 0.25) is 0 Å². The molecule has 0 fully saturated rings. The van der Waals surface area contributed by atoms with Gasteiger partial charge in [0.25, 0.3) is 0 Å². The van der Waals surface area contributed by atoms with Crippen LogP contribution in [-0.4, -0.2) is 32.1 Å². The SMILES string of the molecule is CC(C)c1noc(CCCNC(=O)[C@H]2CCn3c(cnc3-c3ccccc3)C2)n1. The molecule has 0 radical (unpaired) electrons. The fraction of sp³-hybridized carbons (Fsp3) is 0.455. The van der Waals surface area contributed by atoms with E-state index in [1.807, 2.05) is 38.2 Å². The first-order valence-electron chi connectivity index (χ1n) is 10.3. The van der Waals surface area contributed by atoms with E-state index in [1.54, 1.807) is 0 Å². The second-order valence-corrected chi connectivity index (χ2v) is 7.88. The standard InChI is InChI=1S/C22H27N5O2/c1-15(2)20-25-19(29-26-20)9-6-11-23-22(28)17-10-12-27-18(13-17)14-24-21(27)16-7-4-3-5-8-16/h3-5,7-8,14-15,17H,6,9-13H2,1-2H3,(H,23,28)/t17-/m0/s1. The molecular formula is C22H27N5O2. The summed E-state index contributed by atoms with van der Waals surface area (Å²) in [5.74, 6) is 2.73. The number of carbonyl (C=O) groups is 1. The Balaban J connectivity index is 1.27. The molecule has 0 saturated carbocycles. The second kappa shape index (κ2) is 8.59. The van der Waals surface area contributed by atoms with Crippen molar-refractivity contribution in [2.75, 3.05) is 6.54 Å². The van der Waals surface area contributed by atoms with Crippen LogP contribution in [0.15, 0.2) is 41.1 Å². The number of nitrogens with one attached hydrogen (secondary N) is 1. The van der Waals surface area contributed by atoms with Crippen LogP contribution < -0.4 is 5.32 Å². The zero-order chi connectivity index (χ0) is 20.2. The van der Waals surface area contributed by atoms with Crippen molar-refractivity contribution in [3.8, 4) is 11.4 Å². The summed E-state index contributed by atoms with van der Waals surface area (Å²) in [4.78, 5) is 21.6. The van der Waals surface area contributed by atoms with Gasteiger partial charge in [0.05, 0.1) is 0 Å². The van der Waals surface area contributed by atoms with Gasteiger partial charge < -0.3 is 14.4 Å². The van der Waals surface area contributed by atoms with Gasteiger partial charge in [-0.25, -0.2) is 4.98 Å². The number of hydrogen-bond acceptors (Lipinski definition) is 5. The summed E-state index contributed by atoms with van der Waals surface area (Å²) in [6.07, 6.45) is 4.93. The molecule has 1 aliphatic heterocycles. The number of aryl methyl sites for hydroxylation is 1. The lowest BCUT2D eigenvalue weighted by Crippen LogP contribution is -2.35. The highest BCUT2D eigenvalue weighted by molar-refractivity contribution is 5.79. The number of hydrogen-bond donors (Lipinski definition) is 1. The molecule has 0 spiro atoms. The molecule has 0 bridgehead atoms. The minimum atomic E-state index is -0.00114. The van der Waals surface area contributed by atoms with Crippen molar-refractivity contribution >= 4 is 5.91 Å². The Morgan fingerprint density at radius 3 is 2.90 bits per heavy atom. The number of aromatic nitrogens is 4. The van der Waals surface area contributed by atoms with Crippen LogP contribution in [0, 0.1) is 5.92 Å². The first kappa shape index (κ1) is 19.4.